The number of alkyl halides is 1. The van der Waals surface area contributed by atoms with E-state index in [4.69, 9.17) is 5.14 Å². The number of hydrogen-bond donors (Lipinski definition) is 1. The zero-order valence-corrected chi connectivity index (χ0v) is 13.3. The maximum absolute atomic E-state index is 13.0. The molecule has 0 amide bonds. The fraction of sp³-hybridized carbons (Fsp3) is 0.125. The van der Waals surface area contributed by atoms with Crippen molar-refractivity contribution in [2.75, 3.05) is 0 Å². The lowest BCUT2D eigenvalue weighted by Gasteiger charge is -2.08. The molecule has 0 bridgehead atoms. The molecule has 5 nitrogen and oxygen atoms in total. The Morgan fingerprint density at radius 3 is 2.61 bits per heavy atom. The average Bonchev–Trinajstić information content (AvgIpc) is 2.99. The predicted octanol–water partition coefficient (Wildman–Crippen LogP) is 2.69. The van der Waals surface area contributed by atoms with Crippen molar-refractivity contribution in [2.45, 2.75) is 18.5 Å². The lowest BCUT2D eigenvalue weighted by Crippen LogP contribution is -2.03. The van der Waals surface area contributed by atoms with Gasteiger partial charge in [0, 0.05) is 18.1 Å². The SMILES string of the molecule is Cc1ccnc(-c2nc(CF)cn2-c2ccc(S(N)=O)cc2)c1. The number of pyridine rings is 1. The molecule has 0 radical (unpaired) electrons. The number of imidazole rings is 1. The Hall–Kier alpha value is -2.38. The molecule has 0 aliphatic heterocycles. The van der Waals surface area contributed by atoms with Crippen LogP contribution in [-0.4, -0.2) is 18.7 Å². The van der Waals surface area contributed by atoms with E-state index in [1.165, 1.54) is 0 Å². The number of rotatable bonds is 4. The summed E-state index contributed by atoms with van der Waals surface area (Å²) in [4.78, 5) is 9.15. The second-order valence-electron chi connectivity index (χ2n) is 5.07. The van der Waals surface area contributed by atoms with Gasteiger partial charge in [-0.2, -0.15) is 0 Å². The first-order valence-corrected chi connectivity index (χ1v) is 8.13. The number of aromatic nitrogens is 3. The van der Waals surface area contributed by atoms with Gasteiger partial charge in [0.1, 0.15) is 23.4 Å². The van der Waals surface area contributed by atoms with E-state index in [1.54, 1.807) is 41.2 Å². The van der Waals surface area contributed by atoms with E-state index < -0.39 is 17.7 Å². The molecule has 1 aromatic carbocycles. The number of aryl methyl sites for hydroxylation is 1. The van der Waals surface area contributed by atoms with E-state index in [-0.39, 0.29) is 0 Å². The summed E-state index contributed by atoms with van der Waals surface area (Å²) in [6.07, 6.45) is 3.33. The van der Waals surface area contributed by atoms with Gasteiger partial charge >= 0.3 is 0 Å². The zero-order chi connectivity index (χ0) is 16.4. The highest BCUT2D eigenvalue weighted by Gasteiger charge is 2.13. The van der Waals surface area contributed by atoms with Crippen LogP contribution in [0.15, 0.2) is 53.7 Å². The number of nitrogens with zero attached hydrogens (tertiary/aromatic N) is 3. The van der Waals surface area contributed by atoms with E-state index in [0.29, 0.717) is 22.1 Å². The van der Waals surface area contributed by atoms with E-state index in [2.05, 4.69) is 9.97 Å². The number of hydrogen-bond acceptors (Lipinski definition) is 3. The third-order valence-corrected chi connectivity index (χ3v) is 4.12. The predicted molar refractivity (Wildman–Crippen MR) is 86.9 cm³/mol. The fourth-order valence-corrected chi connectivity index (χ4v) is 2.67. The van der Waals surface area contributed by atoms with Crippen molar-refractivity contribution in [3.8, 4) is 17.2 Å². The molecular weight excluding hydrogens is 315 g/mol. The standard InChI is InChI=1S/C16H15FN4OS/c1-11-6-7-19-15(8-11)16-20-12(9-17)10-21(16)13-2-4-14(5-3-13)23(18)22/h2-8,10H,9,18H2,1H3. The van der Waals surface area contributed by atoms with Crippen molar-refractivity contribution < 1.29 is 8.60 Å². The Labute approximate surface area is 135 Å². The molecule has 0 fully saturated rings. The topological polar surface area (TPSA) is 73.8 Å². The third kappa shape index (κ3) is 3.20. The number of benzene rings is 1. The van der Waals surface area contributed by atoms with E-state index in [1.807, 2.05) is 19.1 Å². The number of nitrogens with two attached hydrogens (primary N) is 1. The molecule has 3 rings (SSSR count). The largest absolute Gasteiger partial charge is 0.298 e. The van der Waals surface area contributed by atoms with Crippen molar-refractivity contribution in [2.24, 2.45) is 5.14 Å². The molecule has 0 saturated carbocycles. The molecule has 1 atom stereocenters. The molecule has 2 N–H and O–H groups in total. The molecule has 3 aromatic rings. The third-order valence-electron chi connectivity index (χ3n) is 3.38. The van der Waals surface area contributed by atoms with Crippen LogP contribution in [0.5, 0.6) is 0 Å². The Kier molecular flexibility index (Phi) is 4.31. The van der Waals surface area contributed by atoms with Gasteiger partial charge in [-0.1, -0.05) is 0 Å². The lowest BCUT2D eigenvalue weighted by molar-refractivity contribution is 0.477. The highest BCUT2D eigenvalue weighted by molar-refractivity contribution is 7.82. The molecule has 7 heteroatoms. The maximum Gasteiger partial charge on any atom is 0.163 e. The van der Waals surface area contributed by atoms with Crippen molar-refractivity contribution in [3.05, 3.63) is 60.0 Å². The Balaban J connectivity index is 2.11. The number of halogens is 1. The van der Waals surface area contributed by atoms with Crippen LogP contribution in [0.1, 0.15) is 11.3 Å². The van der Waals surface area contributed by atoms with Gasteiger partial charge in [-0.05, 0) is 48.9 Å². The summed E-state index contributed by atoms with van der Waals surface area (Å²) in [6, 6.07) is 10.7. The molecule has 0 aliphatic rings. The molecular formula is C16H15FN4OS. The second kappa shape index (κ2) is 6.39. The highest BCUT2D eigenvalue weighted by atomic mass is 32.2. The minimum absolute atomic E-state index is 0.329. The van der Waals surface area contributed by atoms with Crippen molar-refractivity contribution in [1.82, 2.24) is 14.5 Å². The second-order valence-corrected chi connectivity index (χ2v) is 6.14. The first-order chi connectivity index (χ1) is 11.1. The highest BCUT2D eigenvalue weighted by Crippen LogP contribution is 2.23. The fourth-order valence-electron chi connectivity index (χ4n) is 2.27. The van der Waals surface area contributed by atoms with E-state index in [0.717, 1.165) is 11.3 Å². The van der Waals surface area contributed by atoms with Crippen molar-refractivity contribution in [3.63, 3.8) is 0 Å². The molecule has 0 aliphatic carbocycles. The van der Waals surface area contributed by atoms with Crippen molar-refractivity contribution in [1.29, 1.82) is 0 Å². The van der Waals surface area contributed by atoms with Crippen LogP contribution < -0.4 is 5.14 Å². The lowest BCUT2D eigenvalue weighted by atomic mass is 10.2. The van der Waals surface area contributed by atoms with Gasteiger partial charge in [0.25, 0.3) is 0 Å². The minimum Gasteiger partial charge on any atom is -0.298 e. The van der Waals surface area contributed by atoms with Gasteiger partial charge in [0.15, 0.2) is 5.82 Å². The van der Waals surface area contributed by atoms with Gasteiger partial charge in [-0.3, -0.25) is 9.55 Å². The summed E-state index contributed by atoms with van der Waals surface area (Å²) >= 11 is 0. The summed E-state index contributed by atoms with van der Waals surface area (Å²) in [5.74, 6) is 0.558. The summed E-state index contributed by atoms with van der Waals surface area (Å²) in [7, 11) is -1.53. The Morgan fingerprint density at radius 2 is 2.00 bits per heavy atom. The van der Waals surface area contributed by atoms with Gasteiger partial charge in [-0.25, -0.2) is 18.7 Å². The maximum atomic E-state index is 13.0. The minimum atomic E-state index is -1.53. The summed E-state index contributed by atoms with van der Waals surface area (Å²) in [5, 5.41) is 5.36. The Morgan fingerprint density at radius 1 is 1.26 bits per heavy atom. The van der Waals surface area contributed by atoms with Crippen LogP contribution in [0.3, 0.4) is 0 Å². The average molecular weight is 330 g/mol. The molecule has 1 unspecified atom stereocenters. The Bertz CT molecular complexity index is 861. The molecule has 118 valence electrons. The molecule has 0 spiro atoms. The zero-order valence-electron chi connectivity index (χ0n) is 12.4. The van der Waals surface area contributed by atoms with Gasteiger partial charge in [0.2, 0.25) is 0 Å². The van der Waals surface area contributed by atoms with Crippen molar-refractivity contribution >= 4 is 11.0 Å². The monoisotopic (exact) mass is 330 g/mol. The van der Waals surface area contributed by atoms with Gasteiger partial charge in [0.05, 0.1) is 10.6 Å². The first kappa shape index (κ1) is 15.5. The van der Waals surface area contributed by atoms with Crippen LogP contribution in [0.2, 0.25) is 0 Å². The summed E-state index contributed by atoms with van der Waals surface area (Å²) in [6.45, 7) is 1.30. The summed E-state index contributed by atoms with van der Waals surface area (Å²) in [5.41, 5.74) is 2.80. The van der Waals surface area contributed by atoms with Gasteiger partial charge < -0.3 is 0 Å². The first-order valence-electron chi connectivity index (χ1n) is 6.92. The van der Waals surface area contributed by atoms with Crippen LogP contribution in [0.25, 0.3) is 17.2 Å². The van der Waals surface area contributed by atoms with E-state index >= 15 is 0 Å². The molecule has 2 heterocycles. The van der Waals surface area contributed by atoms with Crippen LogP contribution >= 0.6 is 0 Å². The van der Waals surface area contributed by atoms with Crippen LogP contribution in [-0.2, 0) is 17.7 Å². The molecule has 2 aromatic heterocycles. The molecule has 0 saturated heterocycles. The van der Waals surface area contributed by atoms with Crippen LogP contribution in [0.4, 0.5) is 4.39 Å². The van der Waals surface area contributed by atoms with Crippen LogP contribution in [0, 0.1) is 6.92 Å². The quantitative estimate of drug-likeness (QED) is 0.799. The normalized spacial score (nSPS) is 12.3. The van der Waals surface area contributed by atoms with Gasteiger partial charge in [-0.15, -0.1) is 0 Å². The van der Waals surface area contributed by atoms with E-state index in [9.17, 15) is 8.60 Å². The smallest absolute Gasteiger partial charge is 0.163 e. The molecule has 23 heavy (non-hydrogen) atoms. The summed E-state index contributed by atoms with van der Waals surface area (Å²) < 4.78 is 26.1.